The zero-order valence-corrected chi connectivity index (χ0v) is 32.1. The molecule has 3 aliphatic rings. The first kappa shape index (κ1) is 40.4. The molecule has 8 rings (SSSR count). The van der Waals surface area contributed by atoms with Crippen molar-refractivity contribution in [3.63, 3.8) is 0 Å². The number of fused-ring (bicyclic) bond motifs is 1. The molecular weight excluding hydrogens is 741 g/mol. The molecule has 11 atom stereocenters. The van der Waals surface area contributed by atoms with Gasteiger partial charge in [0.2, 0.25) is 0 Å². The van der Waals surface area contributed by atoms with E-state index in [9.17, 15) is 10.2 Å². The Bertz CT molecular complexity index is 1920. The summed E-state index contributed by atoms with van der Waals surface area (Å²) >= 11 is 0. The Hall–Kier alpha value is -4.34. The van der Waals surface area contributed by atoms with Crippen LogP contribution in [0.2, 0.25) is 0 Å². The molecule has 58 heavy (non-hydrogen) atoms. The molecule has 11 nitrogen and oxygen atoms in total. The standard InChI is InChI=1S/C47H50O11/c48-39-40(49)46(55-38-31-54-45(57-41(38)39)36-24-14-5-15-25-36)58-42-37(30-50-26-32-16-6-1-7-17-32)56-47(53-29-35-22-12-4-13-23-35)44(52-28-34-20-10-3-11-21-34)43(42)51-27-33-18-8-2-9-19-33/h1-25,37-49H,26-31H2/t37-,38-,39-,40-,41+,42-,43+,44-,45+,46+,47+/m1/s1. The molecule has 0 spiro atoms. The highest BCUT2D eigenvalue weighted by Gasteiger charge is 2.54. The maximum atomic E-state index is 11.7. The lowest BCUT2D eigenvalue weighted by molar-refractivity contribution is -0.390. The van der Waals surface area contributed by atoms with Crippen LogP contribution in [0.1, 0.15) is 34.1 Å². The number of ether oxygens (including phenoxy) is 9. The van der Waals surface area contributed by atoms with Crippen LogP contribution < -0.4 is 0 Å². The zero-order chi connectivity index (χ0) is 39.5. The lowest BCUT2D eigenvalue weighted by atomic mass is 9.95. The molecule has 0 aliphatic carbocycles. The van der Waals surface area contributed by atoms with Crippen LogP contribution in [-0.2, 0) is 69.1 Å². The fourth-order valence-corrected chi connectivity index (χ4v) is 7.45. The third-order valence-corrected chi connectivity index (χ3v) is 10.5. The number of aliphatic hydroxyl groups is 2. The molecule has 0 radical (unpaired) electrons. The molecule has 3 saturated heterocycles. The van der Waals surface area contributed by atoms with Gasteiger partial charge in [0.05, 0.1) is 39.6 Å². The van der Waals surface area contributed by atoms with Crippen LogP contribution in [0.4, 0.5) is 0 Å². The third-order valence-electron chi connectivity index (χ3n) is 10.5. The van der Waals surface area contributed by atoms with Crippen molar-refractivity contribution in [2.45, 2.75) is 94.1 Å². The quantitative estimate of drug-likeness (QED) is 0.118. The van der Waals surface area contributed by atoms with Crippen LogP contribution >= 0.6 is 0 Å². The van der Waals surface area contributed by atoms with E-state index in [1.54, 1.807) is 0 Å². The maximum absolute atomic E-state index is 11.7. The van der Waals surface area contributed by atoms with Gasteiger partial charge in [-0.2, -0.15) is 0 Å². The molecule has 3 heterocycles. The van der Waals surface area contributed by atoms with E-state index >= 15 is 0 Å². The predicted molar refractivity (Wildman–Crippen MR) is 212 cm³/mol. The van der Waals surface area contributed by atoms with E-state index in [1.165, 1.54) is 0 Å². The number of rotatable bonds is 16. The molecule has 0 unspecified atom stereocenters. The Morgan fingerprint density at radius 1 is 0.483 bits per heavy atom. The van der Waals surface area contributed by atoms with Gasteiger partial charge in [-0.3, -0.25) is 0 Å². The predicted octanol–water partition coefficient (Wildman–Crippen LogP) is 6.26. The smallest absolute Gasteiger partial charge is 0.187 e. The van der Waals surface area contributed by atoms with Gasteiger partial charge in [0.15, 0.2) is 18.9 Å². The lowest BCUT2D eigenvalue weighted by Gasteiger charge is -2.50. The SMILES string of the molecule is O[C@@H]1[C@@H](O)[C@H](O[C@H]2[C@H](OCc3ccccc3)[C@@H](OCc3ccccc3)[C@@H](OCc3ccccc3)O[C@@H]2COCc2ccccc2)O[C@@H]2CO[C@H](c3ccccc3)O[C@H]12. The van der Waals surface area contributed by atoms with Crippen molar-refractivity contribution >= 4 is 0 Å². The molecule has 3 fully saturated rings. The van der Waals surface area contributed by atoms with Gasteiger partial charge in [-0.05, 0) is 22.3 Å². The largest absolute Gasteiger partial charge is 0.387 e. The molecule has 0 saturated carbocycles. The molecule has 0 amide bonds. The normalized spacial score (nSPS) is 29.7. The zero-order valence-electron chi connectivity index (χ0n) is 32.1. The van der Waals surface area contributed by atoms with E-state index < -0.39 is 67.7 Å². The summed E-state index contributed by atoms with van der Waals surface area (Å²) in [6.45, 7) is 1.18. The summed E-state index contributed by atoms with van der Waals surface area (Å²) in [4.78, 5) is 0. The Kier molecular flexibility index (Phi) is 14.0. The van der Waals surface area contributed by atoms with Gasteiger partial charge in [-0.15, -0.1) is 0 Å². The number of benzene rings is 5. The minimum atomic E-state index is -1.49. The van der Waals surface area contributed by atoms with E-state index in [4.69, 9.17) is 42.6 Å². The van der Waals surface area contributed by atoms with E-state index in [-0.39, 0.29) is 33.0 Å². The van der Waals surface area contributed by atoms with Crippen LogP contribution in [0.15, 0.2) is 152 Å². The third kappa shape index (κ3) is 10.3. The van der Waals surface area contributed by atoms with E-state index in [0.29, 0.717) is 6.61 Å². The summed E-state index contributed by atoms with van der Waals surface area (Å²) in [5, 5.41) is 23.2. The number of hydrogen-bond acceptors (Lipinski definition) is 11. The summed E-state index contributed by atoms with van der Waals surface area (Å²) in [5.74, 6) is 0. The van der Waals surface area contributed by atoms with Crippen molar-refractivity contribution in [3.8, 4) is 0 Å². The highest BCUT2D eigenvalue weighted by molar-refractivity contribution is 5.18. The Morgan fingerprint density at radius 3 is 1.55 bits per heavy atom. The van der Waals surface area contributed by atoms with Crippen molar-refractivity contribution in [1.29, 1.82) is 0 Å². The number of hydrogen-bond donors (Lipinski definition) is 2. The second-order valence-corrected chi connectivity index (χ2v) is 14.7. The van der Waals surface area contributed by atoms with Gasteiger partial charge in [0.1, 0.15) is 48.8 Å². The van der Waals surface area contributed by atoms with Crippen LogP contribution in [0.25, 0.3) is 0 Å². The summed E-state index contributed by atoms with van der Waals surface area (Å²) in [6, 6.07) is 48.8. The van der Waals surface area contributed by atoms with Crippen LogP contribution in [0, 0.1) is 0 Å². The van der Waals surface area contributed by atoms with Crippen molar-refractivity contribution in [2.24, 2.45) is 0 Å². The molecular formula is C47H50O11. The van der Waals surface area contributed by atoms with Crippen molar-refractivity contribution in [1.82, 2.24) is 0 Å². The molecule has 0 bridgehead atoms. The molecule has 11 heteroatoms. The molecule has 5 aromatic rings. The summed E-state index contributed by atoms with van der Waals surface area (Å²) in [6.07, 6.45) is -10.8. The van der Waals surface area contributed by atoms with Gasteiger partial charge in [-0.1, -0.05) is 152 Å². The van der Waals surface area contributed by atoms with Crippen molar-refractivity contribution in [2.75, 3.05) is 13.2 Å². The van der Waals surface area contributed by atoms with Crippen molar-refractivity contribution < 1.29 is 52.8 Å². The highest BCUT2D eigenvalue weighted by Crippen LogP contribution is 2.37. The van der Waals surface area contributed by atoms with Crippen LogP contribution in [0.3, 0.4) is 0 Å². The Balaban J connectivity index is 1.09. The van der Waals surface area contributed by atoms with Gasteiger partial charge < -0.3 is 52.8 Å². The minimum Gasteiger partial charge on any atom is -0.387 e. The summed E-state index contributed by atoms with van der Waals surface area (Å²) in [5.41, 5.74) is 4.62. The van der Waals surface area contributed by atoms with Crippen LogP contribution in [-0.4, -0.2) is 84.8 Å². The minimum absolute atomic E-state index is 0.0732. The van der Waals surface area contributed by atoms with E-state index in [2.05, 4.69) is 0 Å². The van der Waals surface area contributed by atoms with Gasteiger partial charge in [-0.25, -0.2) is 0 Å². The van der Waals surface area contributed by atoms with Crippen LogP contribution in [0.5, 0.6) is 0 Å². The highest BCUT2D eigenvalue weighted by atomic mass is 16.8. The molecule has 0 aromatic heterocycles. The second-order valence-electron chi connectivity index (χ2n) is 14.7. The van der Waals surface area contributed by atoms with Gasteiger partial charge in [0.25, 0.3) is 0 Å². The fraction of sp³-hybridized carbons (Fsp3) is 0.362. The average molecular weight is 791 g/mol. The molecule has 304 valence electrons. The maximum Gasteiger partial charge on any atom is 0.187 e. The topological polar surface area (TPSA) is 124 Å². The number of aliphatic hydroxyl groups excluding tert-OH is 2. The molecule has 2 N–H and O–H groups in total. The first-order valence-electron chi connectivity index (χ1n) is 19.8. The fourth-order valence-electron chi connectivity index (χ4n) is 7.45. The first-order valence-corrected chi connectivity index (χ1v) is 19.8. The average Bonchev–Trinajstić information content (AvgIpc) is 3.28. The molecule has 3 aliphatic heterocycles. The monoisotopic (exact) mass is 790 g/mol. The Morgan fingerprint density at radius 2 is 0.983 bits per heavy atom. The molecule has 5 aromatic carbocycles. The Labute approximate surface area is 338 Å². The van der Waals surface area contributed by atoms with Crippen molar-refractivity contribution in [3.05, 3.63) is 179 Å². The van der Waals surface area contributed by atoms with E-state index in [1.807, 2.05) is 152 Å². The second kappa shape index (κ2) is 20.1. The van der Waals surface area contributed by atoms with Gasteiger partial charge >= 0.3 is 0 Å². The summed E-state index contributed by atoms with van der Waals surface area (Å²) in [7, 11) is 0. The lowest BCUT2D eigenvalue weighted by Crippen LogP contribution is -2.66. The van der Waals surface area contributed by atoms with Gasteiger partial charge in [0, 0.05) is 5.56 Å². The first-order chi connectivity index (χ1) is 28.6. The van der Waals surface area contributed by atoms with E-state index in [0.717, 1.165) is 27.8 Å². The summed E-state index contributed by atoms with van der Waals surface area (Å²) < 4.78 is 58.6.